The topological polar surface area (TPSA) is 66.4 Å². The maximum atomic E-state index is 14.4. The predicted octanol–water partition coefficient (Wildman–Crippen LogP) is 6.05. The van der Waals surface area contributed by atoms with Crippen LogP contribution in [0.2, 0.25) is 0 Å². The summed E-state index contributed by atoms with van der Waals surface area (Å²) >= 11 is 0. The van der Waals surface area contributed by atoms with Crippen molar-refractivity contribution in [1.82, 2.24) is 0 Å². The normalized spacial score (nSPS) is 10.8. The van der Waals surface area contributed by atoms with Crippen LogP contribution in [0.3, 0.4) is 0 Å². The number of rotatable bonds is 6. The van der Waals surface area contributed by atoms with Crippen LogP contribution in [0.25, 0.3) is 21.9 Å². The Kier molecular flexibility index (Phi) is 5.94. The maximum absolute atomic E-state index is 14.4. The van der Waals surface area contributed by atoms with Crippen LogP contribution in [0.15, 0.2) is 78.9 Å². The number of carbonyl (C=O) groups is 2. The molecule has 32 heavy (non-hydrogen) atoms. The van der Waals surface area contributed by atoms with E-state index in [1.807, 2.05) is 18.2 Å². The van der Waals surface area contributed by atoms with Crippen molar-refractivity contribution in [2.45, 2.75) is 12.8 Å². The summed E-state index contributed by atoms with van der Waals surface area (Å²) in [4.78, 5) is 24.0. The number of fused-ring (bicyclic) bond motifs is 1. The molecule has 4 rings (SSSR count). The summed E-state index contributed by atoms with van der Waals surface area (Å²) < 4.78 is 28.1. The molecule has 0 fully saturated rings. The van der Waals surface area contributed by atoms with Gasteiger partial charge in [-0.1, -0.05) is 42.5 Å². The van der Waals surface area contributed by atoms with E-state index in [-0.39, 0.29) is 24.3 Å². The van der Waals surface area contributed by atoms with Gasteiger partial charge in [0, 0.05) is 12.0 Å². The van der Waals surface area contributed by atoms with Gasteiger partial charge in [-0.15, -0.1) is 0 Å². The first kappa shape index (κ1) is 21.2. The Morgan fingerprint density at radius 2 is 1.66 bits per heavy atom. The van der Waals surface area contributed by atoms with Crippen molar-refractivity contribution in [3.05, 3.63) is 102 Å². The molecular formula is C26H19F2NO3. The van der Waals surface area contributed by atoms with E-state index in [4.69, 9.17) is 5.11 Å². The van der Waals surface area contributed by atoms with E-state index < -0.39 is 17.7 Å². The van der Waals surface area contributed by atoms with Crippen LogP contribution >= 0.6 is 0 Å². The van der Waals surface area contributed by atoms with Crippen molar-refractivity contribution >= 4 is 28.3 Å². The number of carboxylic acids is 1. The zero-order chi connectivity index (χ0) is 22.7. The molecule has 160 valence electrons. The number of carboxylic acid groups (broad SMARTS) is 1. The van der Waals surface area contributed by atoms with Crippen molar-refractivity contribution in [3.8, 4) is 11.1 Å². The van der Waals surface area contributed by atoms with Crippen molar-refractivity contribution in [2.75, 3.05) is 5.32 Å². The number of hydrogen-bond donors (Lipinski definition) is 2. The summed E-state index contributed by atoms with van der Waals surface area (Å²) in [6.07, 6.45) is 0.121. The maximum Gasteiger partial charge on any atom is 0.303 e. The number of aryl methyl sites for hydroxylation is 1. The lowest BCUT2D eigenvalue weighted by atomic mass is 9.96. The van der Waals surface area contributed by atoms with Gasteiger partial charge in [-0.3, -0.25) is 9.59 Å². The van der Waals surface area contributed by atoms with Crippen molar-refractivity contribution in [3.63, 3.8) is 0 Å². The van der Waals surface area contributed by atoms with Gasteiger partial charge in [0.2, 0.25) is 0 Å². The number of halogens is 2. The van der Waals surface area contributed by atoms with Gasteiger partial charge in [0.1, 0.15) is 11.6 Å². The first-order chi connectivity index (χ1) is 15.4. The van der Waals surface area contributed by atoms with Crippen LogP contribution in [0, 0.1) is 11.6 Å². The molecule has 0 saturated heterocycles. The third-order valence-corrected chi connectivity index (χ3v) is 5.17. The lowest BCUT2D eigenvalue weighted by Gasteiger charge is -2.13. The quantitative estimate of drug-likeness (QED) is 0.390. The number of hydrogen-bond acceptors (Lipinski definition) is 2. The molecule has 1 amide bonds. The van der Waals surface area contributed by atoms with Crippen LogP contribution in [-0.4, -0.2) is 17.0 Å². The van der Waals surface area contributed by atoms with E-state index in [9.17, 15) is 18.4 Å². The number of benzene rings is 4. The van der Waals surface area contributed by atoms with E-state index in [0.29, 0.717) is 27.6 Å². The molecule has 4 aromatic carbocycles. The highest BCUT2D eigenvalue weighted by atomic mass is 19.1. The monoisotopic (exact) mass is 431 g/mol. The fraction of sp³-hybridized carbons (Fsp3) is 0.0769. The van der Waals surface area contributed by atoms with Gasteiger partial charge in [0.05, 0.1) is 5.69 Å². The van der Waals surface area contributed by atoms with Crippen molar-refractivity contribution in [2.24, 2.45) is 0 Å². The third kappa shape index (κ3) is 4.64. The lowest BCUT2D eigenvalue weighted by Crippen LogP contribution is -2.14. The van der Waals surface area contributed by atoms with Crippen LogP contribution < -0.4 is 5.32 Å². The standard InChI is InChI=1S/C26H19F2NO3/c27-20-6-3-5-17(14-20)19-13-18-4-1-2-7-21(18)22(15-19)26(32)29-24-12-16(8-10-23(24)28)9-11-25(30)31/h1-8,10,12-15H,9,11H2,(H,29,32)(H,30,31). The zero-order valence-corrected chi connectivity index (χ0v) is 16.9. The first-order valence-corrected chi connectivity index (χ1v) is 10.0. The molecule has 0 aliphatic rings. The molecule has 0 aliphatic carbocycles. The summed E-state index contributed by atoms with van der Waals surface area (Å²) in [5.74, 6) is -2.49. The Bertz CT molecular complexity index is 1330. The van der Waals surface area contributed by atoms with E-state index in [1.54, 1.807) is 30.3 Å². The molecule has 0 radical (unpaired) electrons. The molecule has 6 heteroatoms. The SMILES string of the molecule is O=C(O)CCc1ccc(F)c(NC(=O)c2cc(-c3cccc(F)c3)cc3ccccc23)c1. The van der Waals surface area contributed by atoms with Gasteiger partial charge >= 0.3 is 5.97 Å². The van der Waals surface area contributed by atoms with Crippen molar-refractivity contribution < 1.29 is 23.5 Å². The van der Waals surface area contributed by atoms with Gasteiger partial charge in [-0.05, 0) is 70.3 Å². The average molecular weight is 431 g/mol. The smallest absolute Gasteiger partial charge is 0.303 e. The summed E-state index contributed by atoms with van der Waals surface area (Å²) in [7, 11) is 0. The Balaban J connectivity index is 1.72. The minimum absolute atomic E-state index is 0.0295. The first-order valence-electron chi connectivity index (χ1n) is 10.0. The zero-order valence-electron chi connectivity index (χ0n) is 16.9. The Hall–Kier alpha value is -4.06. The Morgan fingerprint density at radius 1 is 0.844 bits per heavy atom. The van der Waals surface area contributed by atoms with Gasteiger partial charge in [0.25, 0.3) is 5.91 Å². The number of carbonyl (C=O) groups excluding carboxylic acids is 1. The molecule has 0 atom stereocenters. The largest absolute Gasteiger partial charge is 0.481 e. The van der Waals surface area contributed by atoms with E-state index >= 15 is 0 Å². The molecule has 2 N–H and O–H groups in total. The highest BCUT2D eigenvalue weighted by Crippen LogP contribution is 2.29. The number of amides is 1. The molecule has 4 aromatic rings. The van der Waals surface area contributed by atoms with Crippen molar-refractivity contribution in [1.29, 1.82) is 0 Å². The summed E-state index contributed by atoms with van der Waals surface area (Å²) in [6, 6.07) is 21.0. The van der Waals surface area contributed by atoms with Crippen LogP contribution in [0.1, 0.15) is 22.3 Å². The predicted molar refractivity (Wildman–Crippen MR) is 120 cm³/mol. The minimum atomic E-state index is -0.958. The molecule has 0 unspecified atom stereocenters. The second-order valence-electron chi connectivity index (χ2n) is 7.42. The Labute approximate surface area is 183 Å². The van der Waals surface area contributed by atoms with Gasteiger partial charge in [0.15, 0.2) is 0 Å². The molecule has 0 heterocycles. The highest BCUT2D eigenvalue weighted by molar-refractivity contribution is 6.14. The molecule has 0 aromatic heterocycles. The van der Waals surface area contributed by atoms with E-state index in [0.717, 1.165) is 5.39 Å². The second-order valence-corrected chi connectivity index (χ2v) is 7.42. The Morgan fingerprint density at radius 3 is 2.44 bits per heavy atom. The summed E-state index contributed by atoms with van der Waals surface area (Å²) in [6.45, 7) is 0. The highest BCUT2D eigenvalue weighted by Gasteiger charge is 2.15. The van der Waals surface area contributed by atoms with Crippen LogP contribution in [-0.2, 0) is 11.2 Å². The fourth-order valence-corrected chi connectivity index (χ4v) is 3.60. The summed E-state index contributed by atoms with van der Waals surface area (Å²) in [5, 5.41) is 12.9. The van der Waals surface area contributed by atoms with Crippen LogP contribution in [0.4, 0.5) is 14.5 Å². The van der Waals surface area contributed by atoms with E-state index in [1.165, 1.54) is 30.3 Å². The third-order valence-electron chi connectivity index (χ3n) is 5.17. The van der Waals surface area contributed by atoms with Gasteiger partial charge in [-0.25, -0.2) is 8.78 Å². The summed E-state index contributed by atoms with van der Waals surface area (Å²) in [5.41, 5.74) is 2.16. The number of anilines is 1. The van der Waals surface area contributed by atoms with Gasteiger partial charge in [-0.2, -0.15) is 0 Å². The van der Waals surface area contributed by atoms with E-state index in [2.05, 4.69) is 5.32 Å². The van der Waals surface area contributed by atoms with Crippen LogP contribution in [0.5, 0.6) is 0 Å². The molecule has 4 nitrogen and oxygen atoms in total. The molecule has 0 bridgehead atoms. The lowest BCUT2D eigenvalue weighted by molar-refractivity contribution is -0.136. The minimum Gasteiger partial charge on any atom is -0.481 e. The molecule has 0 saturated carbocycles. The molecular weight excluding hydrogens is 412 g/mol. The van der Waals surface area contributed by atoms with Gasteiger partial charge < -0.3 is 10.4 Å². The second kappa shape index (κ2) is 8.98. The molecule has 0 spiro atoms. The number of aliphatic carboxylic acids is 1. The fourth-order valence-electron chi connectivity index (χ4n) is 3.60. The number of nitrogens with one attached hydrogen (secondary N) is 1. The molecule has 0 aliphatic heterocycles. The average Bonchev–Trinajstić information content (AvgIpc) is 2.78.